The number of hydrogen-bond donors (Lipinski definition) is 0. The normalized spacial score (nSPS) is 11.6. The smallest absolute Gasteiger partial charge is 0.222 e. The Kier molecular flexibility index (Phi) is 3.40. The highest BCUT2D eigenvalue weighted by molar-refractivity contribution is 6.28. The first-order valence-electron chi connectivity index (χ1n) is 5.98. The molecule has 2 nitrogen and oxygen atoms in total. The minimum atomic E-state index is 0.124. The molecule has 3 heteroatoms. The van der Waals surface area contributed by atoms with Gasteiger partial charge in [0.25, 0.3) is 0 Å². The van der Waals surface area contributed by atoms with Gasteiger partial charge in [-0.3, -0.25) is 0 Å². The van der Waals surface area contributed by atoms with E-state index in [4.69, 9.17) is 11.6 Å². The van der Waals surface area contributed by atoms with Gasteiger partial charge in [-0.25, -0.2) is 9.97 Å². The number of nitrogens with zero attached hydrogens (tertiary/aromatic N) is 2. The Balaban J connectivity index is 2.57. The van der Waals surface area contributed by atoms with E-state index in [1.165, 1.54) is 11.1 Å². The predicted octanol–water partition coefficient (Wildman–Crippen LogP) is 4.40. The number of aryl methyl sites for hydroxylation is 1. The molecule has 0 aliphatic heterocycles. The Morgan fingerprint density at radius 2 is 1.83 bits per heavy atom. The van der Waals surface area contributed by atoms with Crippen molar-refractivity contribution in [3.05, 3.63) is 46.9 Å². The zero-order valence-corrected chi connectivity index (χ0v) is 11.9. The monoisotopic (exact) mass is 260 g/mol. The molecule has 2 rings (SSSR count). The molecular weight excluding hydrogens is 244 g/mol. The highest BCUT2D eigenvalue weighted by Gasteiger charge is 2.15. The Morgan fingerprint density at radius 3 is 2.44 bits per heavy atom. The SMILES string of the molecule is Cc1ccc(C(C)(C)C)cc1-c1ccnc(Cl)n1. The molecule has 18 heavy (non-hydrogen) atoms. The van der Waals surface area contributed by atoms with E-state index in [2.05, 4.69) is 55.9 Å². The summed E-state index contributed by atoms with van der Waals surface area (Å²) in [6.07, 6.45) is 1.69. The quantitative estimate of drug-likeness (QED) is 0.710. The van der Waals surface area contributed by atoms with E-state index in [9.17, 15) is 0 Å². The molecule has 0 amide bonds. The fourth-order valence-corrected chi connectivity index (χ4v) is 2.00. The van der Waals surface area contributed by atoms with Crippen molar-refractivity contribution in [2.24, 2.45) is 0 Å². The number of aromatic nitrogens is 2. The third-order valence-corrected chi connectivity index (χ3v) is 3.19. The number of rotatable bonds is 1. The minimum Gasteiger partial charge on any atom is -0.226 e. The maximum atomic E-state index is 5.85. The van der Waals surface area contributed by atoms with Crippen LogP contribution in [0.4, 0.5) is 0 Å². The van der Waals surface area contributed by atoms with Crippen molar-refractivity contribution in [2.75, 3.05) is 0 Å². The van der Waals surface area contributed by atoms with Crippen LogP contribution >= 0.6 is 11.6 Å². The van der Waals surface area contributed by atoms with E-state index < -0.39 is 0 Å². The second-order valence-electron chi connectivity index (χ2n) is 5.49. The molecule has 0 saturated carbocycles. The molecule has 0 unspecified atom stereocenters. The fourth-order valence-electron chi connectivity index (χ4n) is 1.85. The lowest BCUT2D eigenvalue weighted by atomic mass is 9.85. The minimum absolute atomic E-state index is 0.124. The van der Waals surface area contributed by atoms with Gasteiger partial charge in [0.1, 0.15) is 0 Å². The molecule has 0 radical (unpaired) electrons. The van der Waals surface area contributed by atoms with Gasteiger partial charge in [-0.05, 0) is 47.2 Å². The highest BCUT2D eigenvalue weighted by Crippen LogP contribution is 2.29. The van der Waals surface area contributed by atoms with E-state index in [0.717, 1.165) is 11.3 Å². The summed E-state index contributed by atoms with van der Waals surface area (Å²) in [6.45, 7) is 8.69. The van der Waals surface area contributed by atoms with Crippen LogP contribution in [-0.2, 0) is 5.41 Å². The topological polar surface area (TPSA) is 25.8 Å². The molecule has 0 aliphatic rings. The molecule has 0 aliphatic carbocycles. The Morgan fingerprint density at radius 1 is 1.11 bits per heavy atom. The molecular formula is C15H17ClN2. The van der Waals surface area contributed by atoms with Crippen LogP contribution < -0.4 is 0 Å². The molecule has 0 atom stereocenters. The lowest BCUT2D eigenvalue weighted by Gasteiger charge is -2.20. The first-order chi connectivity index (χ1) is 8.38. The Hall–Kier alpha value is -1.41. The van der Waals surface area contributed by atoms with Crippen LogP contribution in [-0.4, -0.2) is 9.97 Å². The van der Waals surface area contributed by atoms with Crippen LogP contribution in [0.15, 0.2) is 30.5 Å². The average molecular weight is 261 g/mol. The summed E-state index contributed by atoms with van der Waals surface area (Å²) in [5.41, 5.74) is 4.60. The van der Waals surface area contributed by atoms with Gasteiger partial charge < -0.3 is 0 Å². The fraction of sp³-hybridized carbons (Fsp3) is 0.333. The van der Waals surface area contributed by atoms with Crippen LogP contribution in [0.3, 0.4) is 0 Å². The van der Waals surface area contributed by atoms with Crippen molar-refractivity contribution in [3.8, 4) is 11.3 Å². The number of benzene rings is 1. The summed E-state index contributed by atoms with van der Waals surface area (Å²) < 4.78 is 0. The lowest BCUT2D eigenvalue weighted by molar-refractivity contribution is 0.590. The molecule has 0 N–H and O–H groups in total. The van der Waals surface area contributed by atoms with Gasteiger partial charge in [0.15, 0.2) is 0 Å². The summed E-state index contributed by atoms with van der Waals surface area (Å²) in [7, 11) is 0. The van der Waals surface area contributed by atoms with Gasteiger partial charge in [-0.15, -0.1) is 0 Å². The van der Waals surface area contributed by atoms with Crippen molar-refractivity contribution >= 4 is 11.6 Å². The maximum Gasteiger partial charge on any atom is 0.222 e. The van der Waals surface area contributed by atoms with E-state index in [0.29, 0.717) is 0 Å². The molecule has 1 heterocycles. The third-order valence-electron chi connectivity index (χ3n) is 3.01. The van der Waals surface area contributed by atoms with Gasteiger partial charge in [-0.1, -0.05) is 32.9 Å². The van der Waals surface area contributed by atoms with Gasteiger partial charge in [0.05, 0.1) is 5.69 Å². The van der Waals surface area contributed by atoms with Crippen LogP contribution in [0, 0.1) is 6.92 Å². The average Bonchev–Trinajstić information content (AvgIpc) is 2.28. The van der Waals surface area contributed by atoms with Crippen LogP contribution in [0.2, 0.25) is 5.28 Å². The van der Waals surface area contributed by atoms with E-state index in [-0.39, 0.29) is 10.7 Å². The molecule has 1 aromatic carbocycles. The second-order valence-corrected chi connectivity index (χ2v) is 5.83. The van der Waals surface area contributed by atoms with E-state index in [1.807, 2.05) is 6.07 Å². The van der Waals surface area contributed by atoms with Crippen molar-refractivity contribution < 1.29 is 0 Å². The summed E-state index contributed by atoms with van der Waals surface area (Å²) in [6, 6.07) is 8.38. The molecule has 1 aromatic heterocycles. The standard InChI is InChI=1S/C15H17ClN2/c1-10-5-6-11(15(2,3)4)9-12(10)13-7-8-17-14(16)18-13/h5-9H,1-4H3. The largest absolute Gasteiger partial charge is 0.226 e. The summed E-state index contributed by atoms with van der Waals surface area (Å²) in [5, 5.41) is 0.285. The first kappa shape index (κ1) is 13.0. The number of halogens is 1. The van der Waals surface area contributed by atoms with Gasteiger partial charge in [0.2, 0.25) is 5.28 Å². The lowest BCUT2D eigenvalue weighted by Crippen LogP contribution is -2.11. The third kappa shape index (κ3) is 2.70. The molecule has 0 fully saturated rings. The second kappa shape index (κ2) is 4.69. The first-order valence-corrected chi connectivity index (χ1v) is 6.36. The van der Waals surface area contributed by atoms with Crippen LogP contribution in [0.5, 0.6) is 0 Å². The zero-order chi connectivity index (χ0) is 13.3. The van der Waals surface area contributed by atoms with Crippen LogP contribution in [0.1, 0.15) is 31.9 Å². The maximum absolute atomic E-state index is 5.85. The van der Waals surface area contributed by atoms with Gasteiger partial charge in [0, 0.05) is 11.8 Å². The Labute approximate surface area is 113 Å². The summed E-state index contributed by atoms with van der Waals surface area (Å²) in [4.78, 5) is 8.20. The Bertz CT molecular complexity index is 571. The van der Waals surface area contributed by atoms with Crippen molar-refractivity contribution in [1.82, 2.24) is 9.97 Å². The molecule has 0 bridgehead atoms. The van der Waals surface area contributed by atoms with Crippen molar-refractivity contribution in [3.63, 3.8) is 0 Å². The molecule has 94 valence electrons. The van der Waals surface area contributed by atoms with E-state index >= 15 is 0 Å². The summed E-state index contributed by atoms with van der Waals surface area (Å²) >= 11 is 5.85. The van der Waals surface area contributed by atoms with Gasteiger partial charge in [-0.2, -0.15) is 0 Å². The number of hydrogen-bond acceptors (Lipinski definition) is 2. The zero-order valence-electron chi connectivity index (χ0n) is 11.2. The van der Waals surface area contributed by atoms with Crippen molar-refractivity contribution in [1.29, 1.82) is 0 Å². The summed E-state index contributed by atoms with van der Waals surface area (Å²) in [5.74, 6) is 0. The van der Waals surface area contributed by atoms with E-state index in [1.54, 1.807) is 6.20 Å². The molecule has 0 spiro atoms. The predicted molar refractivity (Wildman–Crippen MR) is 75.9 cm³/mol. The highest BCUT2D eigenvalue weighted by atomic mass is 35.5. The van der Waals surface area contributed by atoms with Crippen LogP contribution in [0.25, 0.3) is 11.3 Å². The van der Waals surface area contributed by atoms with Crippen molar-refractivity contribution in [2.45, 2.75) is 33.1 Å². The molecule has 0 saturated heterocycles. The van der Waals surface area contributed by atoms with Gasteiger partial charge >= 0.3 is 0 Å². The molecule has 2 aromatic rings.